The van der Waals surface area contributed by atoms with Crippen molar-refractivity contribution in [2.45, 2.75) is 13.5 Å². The monoisotopic (exact) mass is 238 g/mol. The summed E-state index contributed by atoms with van der Waals surface area (Å²) in [6.45, 7) is 4.86. The highest BCUT2D eigenvalue weighted by Crippen LogP contribution is 2.01. The van der Waals surface area contributed by atoms with E-state index in [9.17, 15) is 0 Å². The van der Waals surface area contributed by atoms with E-state index in [0.29, 0.717) is 18.8 Å². The lowest BCUT2D eigenvalue weighted by Crippen LogP contribution is -2.20. The predicted molar refractivity (Wildman–Crippen MR) is 64.9 cm³/mol. The largest absolute Gasteiger partial charge is 0.409 e. The van der Waals surface area contributed by atoms with Gasteiger partial charge in [0.1, 0.15) is 5.69 Å². The molecule has 94 valence electrons. The van der Waals surface area contributed by atoms with Crippen LogP contribution in [0.1, 0.15) is 18.2 Å². The molecule has 0 aromatic carbocycles. The Morgan fingerprint density at radius 2 is 2.47 bits per heavy atom. The molecule has 1 aromatic heterocycles. The zero-order valence-electron chi connectivity index (χ0n) is 9.89. The maximum atomic E-state index is 8.54. The van der Waals surface area contributed by atoms with Crippen LogP contribution in [0.5, 0.6) is 0 Å². The lowest BCUT2D eigenvalue weighted by atomic mass is 10.2. The Kier molecular flexibility index (Phi) is 5.98. The maximum Gasteiger partial charge on any atom is 0.188 e. The third kappa shape index (κ3) is 4.80. The second-order valence-electron chi connectivity index (χ2n) is 3.41. The van der Waals surface area contributed by atoms with E-state index in [1.165, 1.54) is 0 Å². The van der Waals surface area contributed by atoms with E-state index < -0.39 is 0 Å². The van der Waals surface area contributed by atoms with Crippen molar-refractivity contribution in [3.63, 3.8) is 0 Å². The van der Waals surface area contributed by atoms with Crippen LogP contribution in [0.3, 0.4) is 0 Å². The van der Waals surface area contributed by atoms with Crippen LogP contribution in [0.4, 0.5) is 0 Å². The average molecular weight is 238 g/mol. The Bertz CT molecular complexity index is 368. The van der Waals surface area contributed by atoms with Crippen molar-refractivity contribution in [1.29, 1.82) is 0 Å². The lowest BCUT2D eigenvalue weighted by molar-refractivity contribution is 0.149. The van der Waals surface area contributed by atoms with Crippen LogP contribution in [0.25, 0.3) is 0 Å². The molecule has 0 unspecified atom stereocenters. The minimum absolute atomic E-state index is 0.0150. The first kappa shape index (κ1) is 13.4. The minimum Gasteiger partial charge on any atom is -0.409 e. The second-order valence-corrected chi connectivity index (χ2v) is 3.41. The number of amidine groups is 1. The number of nitrogens with zero attached hydrogens (tertiary/aromatic N) is 2. The molecule has 6 nitrogen and oxygen atoms in total. The van der Waals surface area contributed by atoms with E-state index in [4.69, 9.17) is 15.7 Å². The average Bonchev–Trinajstić information content (AvgIpc) is 2.38. The summed E-state index contributed by atoms with van der Waals surface area (Å²) in [5.41, 5.74) is 6.95. The summed E-state index contributed by atoms with van der Waals surface area (Å²) in [7, 11) is 0. The molecule has 1 aromatic rings. The van der Waals surface area contributed by atoms with Crippen LogP contribution in [0, 0.1) is 0 Å². The molecule has 0 aliphatic heterocycles. The minimum atomic E-state index is 0.0150. The van der Waals surface area contributed by atoms with Gasteiger partial charge in [0, 0.05) is 25.9 Å². The highest BCUT2D eigenvalue weighted by molar-refractivity contribution is 5.95. The molecule has 0 radical (unpaired) electrons. The SMILES string of the molecule is CCOCCNCc1ccnc(C(N)=NO)c1. The van der Waals surface area contributed by atoms with Crippen molar-refractivity contribution in [3.05, 3.63) is 29.6 Å². The number of rotatable bonds is 7. The van der Waals surface area contributed by atoms with E-state index >= 15 is 0 Å². The van der Waals surface area contributed by atoms with Gasteiger partial charge in [-0.1, -0.05) is 5.16 Å². The van der Waals surface area contributed by atoms with E-state index in [0.717, 1.165) is 18.7 Å². The normalized spacial score (nSPS) is 11.7. The smallest absolute Gasteiger partial charge is 0.188 e. The highest BCUT2D eigenvalue weighted by Gasteiger charge is 2.01. The van der Waals surface area contributed by atoms with Gasteiger partial charge >= 0.3 is 0 Å². The Morgan fingerprint density at radius 1 is 1.65 bits per heavy atom. The van der Waals surface area contributed by atoms with Crippen molar-refractivity contribution in [2.75, 3.05) is 19.8 Å². The van der Waals surface area contributed by atoms with Gasteiger partial charge in [-0.25, -0.2) is 0 Å². The van der Waals surface area contributed by atoms with Crippen LogP contribution in [-0.4, -0.2) is 35.8 Å². The van der Waals surface area contributed by atoms with Gasteiger partial charge in [0.25, 0.3) is 0 Å². The number of ether oxygens (including phenoxy) is 1. The molecular weight excluding hydrogens is 220 g/mol. The van der Waals surface area contributed by atoms with Crippen molar-refractivity contribution < 1.29 is 9.94 Å². The first-order valence-electron chi connectivity index (χ1n) is 5.49. The molecule has 4 N–H and O–H groups in total. The standard InChI is InChI=1S/C11H18N4O2/c1-2-17-6-5-13-8-9-3-4-14-10(7-9)11(12)15-16/h3-4,7,13,16H,2,5-6,8H2,1H3,(H2,12,15). The van der Waals surface area contributed by atoms with Gasteiger partial charge in [0.05, 0.1) is 6.61 Å². The van der Waals surface area contributed by atoms with E-state index in [-0.39, 0.29) is 5.84 Å². The van der Waals surface area contributed by atoms with Crippen LogP contribution in [-0.2, 0) is 11.3 Å². The van der Waals surface area contributed by atoms with Gasteiger partial charge in [0.2, 0.25) is 0 Å². The lowest BCUT2D eigenvalue weighted by Gasteiger charge is -2.06. The molecule has 0 saturated heterocycles. The first-order valence-corrected chi connectivity index (χ1v) is 5.49. The van der Waals surface area contributed by atoms with Gasteiger partial charge < -0.3 is 21.0 Å². The summed E-state index contributed by atoms with van der Waals surface area (Å²) in [5, 5.41) is 14.7. The fourth-order valence-corrected chi connectivity index (χ4v) is 1.30. The summed E-state index contributed by atoms with van der Waals surface area (Å²) >= 11 is 0. The quantitative estimate of drug-likeness (QED) is 0.209. The first-order chi connectivity index (χ1) is 8.27. The number of oxime groups is 1. The molecule has 0 bridgehead atoms. The van der Waals surface area contributed by atoms with Crippen LogP contribution in [0.15, 0.2) is 23.5 Å². The maximum absolute atomic E-state index is 8.54. The van der Waals surface area contributed by atoms with Gasteiger partial charge in [-0.2, -0.15) is 0 Å². The molecule has 0 atom stereocenters. The van der Waals surface area contributed by atoms with Crippen LogP contribution in [0.2, 0.25) is 0 Å². The number of aromatic nitrogens is 1. The summed E-state index contributed by atoms with van der Waals surface area (Å²) in [5.74, 6) is 0.0150. The Hall–Kier alpha value is -1.66. The molecule has 0 aliphatic rings. The highest BCUT2D eigenvalue weighted by atomic mass is 16.5. The van der Waals surface area contributed by atoms with Gasteiger partial charge in [-0.05, 0) is 24.6 Å². The van der Waals surface area contributed by atoms with E-state index in [1.807, 2.05) is 13.0 Å². The Labute approximate surface area is 100 Å². The fraction of sp³-hybridized carbons (Fsp3) is 0.455. The summed E-state index contributed by atoms with van der Waals surface area (Å²) < 4.78 is 5.20. The molecule has 1 heterocycles. The predicted octanol–water partition coefficient (Wildman–Crippen LogP) is 0.302. The summed E-state index contributed by atoms with van der Waals surface area (Å²) in [6.07, 6.45) is 1.63. The molecule has 6 heteroatoms. The van der Waals surface area contributed by atoms with Gasteiger partial charge in [0.15, 0.2) is 5.84 Å². The van der Waals surface area contributed by atoms with Gasteiger partial charge in [-0.3, -0.25) is 4.98 Å². The van der Waals surface area contributed by atoms with Crippen molar-refractivity contribution in [2.24, 2.45) is 10.9 Å². The number of hydrogen-bond donors (Lipinski definition) is 3. The molecule has 17 heavy (non-hydrogen) atoms. The number of pyridine rings is 1. The number of nitrogens with one attached hydrogen (secondary N) is 1. The zero-order valence-corrected chi connectivity index (χ0v) is 9.89. The Balaban J connectivity index is 2.43. The zero-order chi connectivity index (χ0) is 12.5. The summed E-state index contributed by atoms with van der Waals surface area (Å²) in [6, 6.07) is 3.66. The van der Waals surface area contributed by atoms with E-state index in [2.05, 4.69) is 15.5 Å². The van der Waals surface area contributed by atoms with Crippen molar-refractivity contribution in [3.8, 4) is 0 Å². The number of hydrogen-bond acceptors (Lipinski definition) is 5. The Morgan fingerprint density at radius 3 is 3.18 bits per heavy atom. The molecule has 0 amide bonds. The molecular formula is C11H18N4O2. The third-order valence-electron chi connectivity index (χ3n) is 2.15. The van der Waals surface area contributed by atoms with Crippen molar-refractivity contribution >= 4 is 5.84 Å². The van der Waals surface area contributed by atoms with Gasteiger partial charge in [-0.15, -0.1) is 0 Å². The topological polar surface area (TPSA) is 92.8 Å². The molecule has 0 fully saturated rings. The molecule has 0 aliphatic carbocycles. The summed E-state index contributed by atoms with van der Waals surface area (Å²) in [4.78, 5) is 4.00. The fourth-order valence-electron chi connectivity index (χ4n) is 1.30. The van der Waals surface area contributed by atoms with Crippen LogP contribution < -0.4 is 11.1 Å². The molecule has 1 rings (SSSR count). The molecule has 0 saturated carbocycles. The second kappa shape index (κ2) is 7.59. The molecule has 0 spiro atoms. The van der Waals surface area contributed by atoms with E-state index in [1.54, 1.807) is 12.3 Å². The number of nitrogens with two attached hydrogens (primary N) is 1. The van der Waals surface area contributed by atoms with Crippen LogP contribution >= 0.6 is 0 Å². The third-order valence-corrected chi connectivity index (χ3v) is 2.15. The van der Waals surface area contributed by atoms with Crippen molar-refractivity contribution in [1.82, 2.24) is 10.3 Å².